The minimum Gasteiger partial charge on any atom is -0.469 e. The smallest absolute Gasteiger partial charge is 0.310 e. The number of rotatable bonds is 3. The molecule has 1 aromatic heterocycles. The molecule has 8 heteroatoms. The lowest BCUT2D eigenvalue weighted by atomic mass is 9.98. The van der Waals surface area contributed by atoms with Crippen molar-refractivity contribution in [1.29, 1.82) is 0 Å². The van der Waals surface area contributed by atoms with Crippen molar-refractivity contribution >= 4 is 24.3 Å². The molecule has 3 heterocycles. The average Bonchev–Trinajstić information content (AvgIpc) is 3.11. The molecule has 2 unspecified atom stereocenters. The van der Waals surface area contributed by atoms with E-state index in [1.807, 2.05) is 10.9 Å². The summed E-state index contributed by atoms with van der Waals surface area (Å²) in [6.07, 6.45) is 5.68. The third-order valence-electron chi connectivity index (χ3n) is 4.72. The number of carbonyl (C=O) groups excluding carboxylic acids is 2. The highest BCUT2D eigenvalue weighted by Crippen LogP contribution is 2.20. The number of hydrogen-bond donors (Lipinski definition) is 1. The van der Waals surface area contributed by atoms with E-state index >= 15 is 0 Å². The molecule has 0 saturated carbocycles. The van der Waals surface area contributed by atoms with Gasteiger partial charge in [0.2, 0.25) is 0 Å². The third kappa shape index (κ3) is 4.08. The summed E-state index contributed by atoms with van der Waals surface area (Å²) >= 11 is 0. The molecule has 24 heavy (non-hydrogen) atoms. The van der Waals surface area contributed by atoms with E-state index in [9.17, 15) is 9.59 Å². The van der Waals surface area contributed by atoms with E-state index in [1.54, 1.807) is 11.0 Å². The summed E-state index contributed by atoms with van der Waals surface area (Å²) in [7, 11) is 1.39. The minimum absolute atomic E-state index is 0. The van der Waals surface area contributed by atoms with Crippen LogP contribution < -0.4 is 5.32 Å². The second-order valence-corrected chi connectivity index (χ2v) is 6.29. The normalized spacial score (nSPS) is 24.1. The fourth-order valence-corrected chi connectivity index (χ4v) is 3.40. The highest BCUT2D eigenvalue weighted by atomic mass is 35.5. The Balaban J connectivity index is 0.00000208. The Kier molecular flexibility index (Phi) is 6.62. The predicted octanol–water partition coefficient (Wildman–Crippen LogP) is 1.25. The molecule has 0 radical (unpaired) electrons. The number of likely N-dealkylation sites (tertiary alicyclic amines) is 1. The first kappa shape index (κ1) is 18.7. The first-order valence-electron chi connectivity index (χ1n) is 8.32. The molecule has 0 aromatic carbocycles. The molecule has 2 atom stereocenters. The van der Waals surface area contributed by atoms with Crippen molar-refractivity contribution in [2.45, 2.75) is 31.7 Å². The highest BCUT2D eigenvalue weighted by molar-refractivity contribution is 5.92. The van der Waals surface area contributed by atoms with Crippen LogP contribution in [0.2, 0.25) is 0 Å². The quantitative estimate of drug-likeness (QED) is 0.825. The molecule has 0 bridgehead atoms. The SMILES string of the molecule is COC(=O)C1CCCN(C(=O)c2ccn(C3CCCNC3)n2)C1.Cl. The van der Waals surface area contributed by atoms with Crippen LogP contribution in [0.4, 0.5) is 0 Å². The fourth-order valence-electron chi connectivity index (χ4n) is 3.40. The lowest BCUT2D eigenvalue weighted by molar-refractivity contribution is -0.146. The van der Waals surface area contributed by atoms with E-state index in [1.165, 1.54) is 7.11 Å². The Morgan fingerprint density at radius 3 is 2.88 bits per heavy atom. The zero-order valence-electron chi connectivity index (χ0n) is 13.9. The number of nitrogens with zero attached hydrogens (tertiary/aromatic N) is 3. The second-order valence-electron chi connectivity index (χ2n) is 6.29. The van der Waals surface area contributed by atoms with Crippen LogP contribution in [-0.4, -0.2) is 59.8 Å². The summed E-state index contributed by atoms with van der Waals surface area (Å²) in [6.45, 7) is 3.03. The highest BCUT2D eigenvalue weighted by Gasteiger charge is 2.30. The van der Waals surface area contributed by atoms with Gasteiger partial charge in [0.15, 0.2) is 0 Å². The van der Waals surface area contributed by atoms with Crippen molar-refractivity contribution < 1.29 is 14.3 Å². The molecule has 3 rings (SSSR count). The van der Waals surface area contributed by atoms with Crippen LogP contribution in [0, 0.1) is 5.92 Å². The van der Waals surface area contributed by atoms with Gasteiger partial charge in [-0.3, -0.25) is 14.3 Å². The number of aromatic nitrogens is 2. The monoisotopic (exact) mass is 356 g/mol. The lowest BCUT2D eigenvalue weighted by Crippen LogP contribution is -2.42. The van der Waals surface area contributed by atoms with E-state index in [-0.39, 0.29) is 30.2 Å². The summed E-state index contributed by atoms with van der Waals surface area (Å²) in [5, 5.41) is 7.82. The van der Waals surface area contributed by atoms with Gasteiger partial charge >= 0.3 is 5.97 Å². The maximum Gasteiger partial charge on any atom is 0.310 e. The molecule has 2 aliphatic rings. The molecule has 134 valence electrons. The first-order chi connectivity index (χ1) is 11.2. The van der Waals surface area contributed by atoms with Crippen molar-refractivity contribution in [2.24, 2.45) is 5.92 Å². The fraction of sp³-hybridized carbons (Fsp3) is 0.688. The zero-order valence-corrected chi connectivity index (χ0v) is 14.8. The van der Waals surface area contributed by atoms with Crippen LogP contribution >= 0.6 is 12.4 Å². The van der Waals surface area contributed by atoms with Crippen molar-refractivity contribution in [2.75, 3.05) is 33.3 Å². The van der Waals surface area contributed by atoms with E-state index in [2.05, 4.69) is 10.4 Å². The van der Waals surface area contributed by atoms with Crippen LogP contribution in [0.15, 0.2) is 12.3 Å². The number of halogens is 1. The van der Waals surface area contributed by atoms with Crippen LogP contribution in [0.3, 0.4) is 0 Å². The van der Waals surface area contributed by atoms with Gasteiger partial charge in [0, 0.05) is 25.8 Å². The Labute approximate surface area is 148 Å². The number of carbonyl (C=O) groups is 2. The molecule has 7 nitrogen and oxygen atoms in total. The van der Waals surface area contributed by atoms with Crippen molar-refractivity contribution in [3.63, 3.8) is 0 Å². The van der Waals surface area contributed by atoms with Gasteiger partial charge in [-0.2, -0.15) is 5.10 Å². The molecule has 0 aliphatic carbocycles. The van der Waals surface area contributed by atoms with Gasteiger partial charge in [-0.1, -0.05) is 0 Å². The molecule has 2 fully saturated rings. The minimum atomic E-state index is -0.235. The zero-order chi connectivity index (χ0) is 16.2. The molecule has 2 aliphatic heterocycles. The number of amides is 1. The second kappa shape index (κ2) is 8.48. The number of ether oxygens (including phenoxy) is 1. The van der Waals surface area contributed by atoms with Crippen LogP contribution in [0.1, 0.15) is 42.2 Å². The van der Waals surface area contributed by atoms with Gasteiger partial charge in [0.25, 0.3) is 5.91 Å². The van der Waals surface area contributed by atoms with Crippen molar-refractivity contribution in [3.05, 3.63) is 18.0 Å². The van der Waals surface area contributed by atoms with E-state index in [4.69, 9.17) is 4.74 Å². The van der Waals surface area contributed by atoms with Gasteiger partial charge in [-0.05, 0) is 38.3 Å². The molecule has 1 amide bonds. The average molecular weight is 357 g/mol. The Morgan fingerprint density at radius 1 is 1.33 bits per heavy atom. The van der Waals surface area contributed by atoms with Gasteiger partial charge in [0.1, 0.15) is 5.69 Å². The molecule has 1 N–H and O–H groups in total. The Morgan fingerprint density at radius 2 is 2.17 bits per heavy atom. The largest absolute Gasteiger partial charge is 0.469 e. The molecule has 0 spiro atoms. The van der Waals surface area contributed by atoms with Crippen LogP contribution in [0.25, 0.3) is 0 Å². The molecular formula is C16H25ClN4O3. The maximum absolute atomic E-state index is 12.6. The van der Waals surface area contributed by atoms with E-state index in [0.29, 0.717) is 24.8 Å². The number of esters is 1. The van der Waals surface area contributed by atoms with Gasteiger partial charge < -0.3 is 15.0 Å². The number of nitrogens with one attached hydrogen (secondary N) is 1. The van der Waals surface area contributed by atoms with Gasteiger partial charge in [0.05, 0.1) is 19.1 Å². The van der Waals surface area contributed by atoms with Gasteiger partial charge in [-0.15, -0.1) is 12.4 Å². The maximum atomic E-state index is 12.6. The van der Waals surface area contributed by atoms with Crippen LogP contribution in [-0.2, 0) is 9.53 Å². The molecular weight excluding hydrogens is 332 g/mol. The standard InChI is InChI=1S/C16H24N4O3.ClH/c1-23-16(22)12-4-3-8-19(11-12)15(21)14-6-9-20(18-14)13-5-2-7-17-10-13;/h6,9,12-13,17H,2-5,7-8,10-11H2,1H3;1H. The number of piperidine rings is 2. The Bertz CT molecular complexity index is 571. The van der Waals surface area contributed by atoms with Crippen molar-refractivity contribution in [3.8, 4) is 0 Å². The van der Waals surface area contributed by atoms with Gasteiger partial charge in [-0.25, -0.2) is 0 Å². The lowest BCUT2D eigenvalue weighted by Gasteiger charge is -2.30. The third-order valence-corrected chi connectivity index (χ3v) is 4.72. The molecule has 1 aromatic rings. The summed E-state index contributed by atoms with van der Waals surface area (Å²) in [5.41, 5.74) is 0.459. The first-order valence-corrected chi connectivity index (χ1v) is 8.32. The predicted molar refractivity (Wildman–Crippen MR) is 91.3 cm³/mol. The Hall–Kier alpha value is -1.60. The summed E-state index contributed by atoms with van der Waals surface area (Å²) in [6, 6.07) is 2.09. The van der Waals surface area contributed by atoms with E-state index < -0.39 is 0 Å². The topological polar surface area (TPSA) is 76.5 Å². The number of hydrogen-bond acceptors (Lipinski definition) is 5. The van der Waals surface area contributed by atoms with Crippen molar-refractivity contribution in [1.82, 2.24) is 20.0 Å². The summed E-state index contributed by atoms with van der Waals surface area (Å²) in [4.78, 5) is 26.0. The number of methoxy groups -OCH3 is 1. The van der Waals surface area contributed by atoms with E-state index in [0.717, 1.165) is 38.8 Å². The summed E-state index contributed by atoms with van der Waals surface area (Å²) < 4.78 is 6.69. The summed E-state index contributed by atoms with van der Waals surface area (Å²) in [5.74, 6) is -0.551. The van der Waals surface area contributed by atoms with Crippen LogP contribution in [0.5, 0.6) is 0 Å². The molecule has 2 saturated heterocycles.